The molecule has 0 aliphatic rings. The summed E-state index contributed by atoms with van der Waals surface area (Å²) in [5, 5.41) is 4.15. The van der Waals surface area contributed by atoms with Crippen LogP contribution in [0.4, 0.5) is 5.69 Å². The van der Waals surface area contributed by atoms with Gasteiger partial charge < -0.3 is 9.73 Å². The number of benzene rings is 1. The zero-order chi connectivity index (χ0) is 13.0. The number of nitrogens with zero attached hydrogens (tertiary/aromatic N) is 1. The molecule has 0 atom stereocenters. The van der Waals surface area contributed by atoms with Gasteiger partial charge in [-0.15, -0.1) is 0 Å². The molecular weight excluding hydrogens is 244 g/mol. The van der Waals surface area contributed by atoms with E-state index in [-0.39, 0.29) is 0 Å². The van der Waals surface area contributed by atoms with Crippen molar-refractivity contribution in [3.8, 4) is 0 Å². The molecule has 2 aromatic rings. The molecule has 0 bridgehead atoms. The van der Waals surface area contributed by atoms with Gasteiger partial charge in [0.1, 0.15) is 5.76 Å². The van der Waals surface area contributed by atoms with Crippen molar-refractivity contribution in [1.82, 2.24) is 4.98 Å². The maximum Gasteiger partial charge on any atom is 0.256 e. The fourth-order valence-corrected chi connectivity index (χ4v) is 2.36. The highest BCUT2D eigenvalue weighted by atomic mass is 32.2. The average Bonchev–Trinajstić information content (AvgIpc) is 2.65. The Morgan fingerprint density at radius 3 is 2.78 bits per heavy atom. The van der Waals surface area contributed by atoms with Crippen LogP contribution >= 0.6 is 11.8 Å². The molecule has 0 saturated carbocycles. The van der Waals surface area contributed by atoms with Crippen LogP contribution in [0.3, 0.4) is 0 Å². The maximum atomic E-state index is 5.51. The number of hydrogen-bond donors (Lipinski definition) is 1. The van der Waals surface area contributed by atoms with E-state index in [2.05, 4.69) is 41.5 Å². The molecule has 0 radical (unpaired) electrons. The summed E-state index contributed by atoms with van der Waals surface area (Å²) < 4.78 is 5.51. The first-order valence-electron chi connectivity index (χ1n) is 6.02. The van der Waals surface area contributed by atoms with E-state index in [1.807, 2.05) is 13.8 Å². The molecular formula is C14H18N2OS. The van der Waals surface area contributed by atoms with E-state index in [1.54, 1.807) is 11.8 Å². The first-order chi connectivity index (χ1) is 8.65. The predicted octanol–water partition coefficient (Wildman–Crippen LogP) is 3.80. The van der Waals surface area contributed by atoms with Gasteiger partial charge in [0.15, 0.2) is 0 Å². The Hall–Kier alpha value is -1.42. The van der Waals surface area contributed by atoms with Gasteiger partial charge in [-0.3, -0.25) is 0 Å². The van der Waals surface area contributed by atoms with Crippen molar-refractivity contribution in [1.29, 1.82) is 0 Å². The largest absolute Gasteiger partial charge is 0.437 e. The highest BCUT2D eigenvalue weighted by molar-refractivity contribution is 7.99. The predicted molar refractivity (Wildman–Crippen MR) is 76.4 cm³/mol. The van der Waals surface area contributed by atoms with Gasteiger partial charge in [0.05, 0.1) is 5.69 Å². The molecule has 0 unspecified atom stereocenters. The number of nitrogens with one attached hydrogen (secondary N) is 1. The van der Waals surface area contributed by atoms with Gasteiger partial charge >= 0.3 is 0 Å². The average molecular weight is 262 g/mol. The zero-order valence-electron chi connectivity index (χ0n) is 11.0. The van der Waals surface area contributed by atoms with Gasteiger partial charge in [0, 0.05) is 18.0 Å². The Balaban J connectivity index is 1.76. The molecule has 2 rings (SSSR count). The topological polar surface area (TPSA) is 38.1 Å². The monoisotopic (exact) mass is 262 g/mol. The number of aryl methyl sites for hydroxylation is 3. The second-order valence-corrected chi connectivity index (χ2v) is 5.31. The maximum absolute atomic E-state index is 5.51. The number of thioether (sulfide) groups is 1. The van der Waals surface area contributed by atoms with Crippen molar-refractivity contribution in [3.63, 3.8) is 0 Å². The molecule has 0 amide bonds. The van der Waals surface area contributed by atoms with Gasteiger partial charge in [-0.25, -0.2) is 4.98 Å². The highest BCUT2D eigenvalue weighted by Crippen LogP contribution is 2.20. The van der Waals surface area contributed by atoms with Crippen LogP contribution in [0.1, 0.15) is 17.0 Å². The summed E-state index contributed by atoms with van der Waals surface area (Å²) >= 11 is 1.64. The fourth-order valence-electron chi connectivity index (χ4n) is 1.59. The fraction of sp³-hybridized carbons (Fsp3) is 0.357. The third kappa shape index (κ3) is 3.53. The van der Waals surface area contributed by atoms with Gasteiger partial charge in [-0.1, -0.05) is 23.9 Å². The van der Waals surface area contributed by atoms with Crippen LogP contribution < -0.4 is 5.32 Å². The van der Waals surface area contributed by atoms with Crippen LogP contribution in [0.5, 0.6) is 0 Å². The summed E-state index contributed by atoms with van der Waals surface area (Å²) in [7, 11) is 0. The molecule has 0 fully saturated rings. The van der Waals surface area contributed by atoms with Crippen molar-refractivity contribution in [3.05, 3.63) is 41.3 Å². The van der Waals surface area contributed by atoms with Crippen LogP contribution in [0.2, 0.25) is 0 Å². The normalized spacial score (nSPS) is 10.6. The summed E-state index contributed by atoms with van der Waals surface area (Å²) in [5.41, 5.74) is 3.41. The number of rotatable bonds is 5. The summed E-state index contributed by atoms with van der Waals surface area (Å²) in [5.74, 6) is 1.84. The molecule has 4 heteroatoms. The quantitative estimate of drug-likeness (QED) is 0.657. The summed E-state index contributed by atoms with van der Waals surface area (Å²) in [6.45, 7) is 6.90. The van der Waals surface area contributed by atoms with Crippen molar-refractivity contribution in [2.75, 3.05) is 17.6 Å². The van der Waals surface area contributed by atoms with E-state index in [1.165, 1.54) is 5.56 Å². The lowest BCUT2D eigenvalue weighted by atomic mass is 10.2. The van der Waals surface area contributed by atoms with Crippen LogP contribution in [0.25, 0.3) is 0 Å². The van der Waals surface area contributed by atoms with E-state index in [0.29, 0.717) is 0 Å². The highest BCUT2D eigenvalue weighted by Gasteiger charge is 2.05. The van der Waals surface area contributed by atoms with Crippen LogP contribution in [-0.4, -0.2) is 17.3 Å². The van der Waals surface area contributed by atoms with Crippen molar-refractivity contribution in [2.45, 2.75) is 26.0 Å². The molecule has 0 spiro atoms. The summed E-state index contributed by atoms with van der Waals surface area (Å²) in [6.07, 6.45) is 0. The first-order valence-corrected chi connectivity index (χ1v) is 7.01. The Kier molecular flexibility index (Phi) is 4.31. The zero-order valence-corrected chi connectivity index (χ0v) is 11.8. The Morgan fingerprint density at radius 2 is 2.11 bits per heavy atom. The summed E-state index contributed by atoms with van der Waals surface area (Å²) in [6, 6.07) is 8.38. The SMILES string of the molecule is Cc1cccc(NCCSc2nc(C)c(C)o2)c1. The molecule has 18 heavy (non-hydrogen) atoms. The lowest BCUT2D eigenvalue weighted by Gasteiger charge is -2.05. The summed E-state index contributed by atoms with van der Waals surface area (Å²) in [4.78, 5) is 4.34. The standard InChI is InChI=1S/C14H18N2OS/c1-10-5-4-6-13(9-10)15-7-8-18-14-16-11(2)12(3)17-14/h4-6,9,15H,7-8H2,1-3H3. The molecule has 0 aliphatic heterocycles. The Labute approximate surface area is 112 Å². The van der Waals surface area contributed by atoms with Crippen LogP contribution in [0.15, 0.2) is 33.9 Å². The van der Waals surface area contributed by atoms with E-state index >= 15 is 0 Å². The van der Waals surface area contributed by atoms with E-state index in [9.17, 15) is 0 Å². The van der Waals surface area contributed by atoms with Crippen molar-refractivity contribution < 1.29 is 4.42 Å². The lowest BCUT2D eigenvalue weighted by molar-refractivity contribution is 0.431. The third-order valence-electron chi connectivity index (χ3n) is 2.68. The van der Waals surface area contributed by atoms with Gasteiger partial charge in [0.25, 0.3) is 5.22 Å². The number of aromatic nitrogens is 1. The smallest absolute Gasteiger partial charge is 0.256 e. The molecule has 0 saturated heterocycles. The molecule has 1 aromatic heterocycles. The number of anilines is 1. The molecule has 96 valence electrons. The van der Waals surface area contributed by atoms with Crippen molar-refractivity contribution >= 4 is 17.4 Å². The third-order valence-corrected chi connectivity index (χ3v) is 3.51. The molecule has 1 heterocycles. The van der Waals surface area contributed by atoms with E-state index < -0.39 is 0 Å². The molecule has 1 N–H and O–H groups in total. The number of hydrogen-bond acceptors (Lipinski definition) is 4. The van der Waals surface area contributed by atoms with Crippen LogP contribution in [0, 0.1) is 20.8 Å². The molecule has 3 nitrogen and oxygen atoms in total. The number of oxazole rings is 1. The van der Waals surface area contributed by atoms with E-state index in [0.717, 1.165) is 34.7 Å². The second kappa shape index (κ2) is 5.96. The Morgan fingerprint density at radius 1 is 1.28 bits per heavy atom. The molecule has 1 aromatic carbocycles. The first kappa shape index (κ1) is 13.0. The van der Waals surface area contributed by atoms with E-state index in [4.69, 9.17) is 4.42 Å². The minimum Gasteiger partial charge on any atom is -0.437 e. The Bertz CT molecular complexity index is 503. The van der Waals surface area contributed by atoms with Gasteiger partial charge in [-0.2, -0.15) is 0 Å². The van der Waals surface area contributed by atoms with Gasteiger partial charge in [-0.05, 0) is 38.5 Å². The second-order valence-electron chi connectivity index (χ2n) is 4.27. The van der Waals surface area contributed by atoms with Crippen molar-refractivity contribution in [2.24, 2.45) is 0 Å². The minimum absolute atomic E-state index is 0.760. The lowest BCUT2D eigenvalue weighted by Crippen LogP contribution is -2.03. The minimum atomic E-state index is 0.760. The van der Waals surface area contributed by atoms with Crippen LogP contribution in [-0.2, 0) is 0 Å². The molecule has 0 aliphatic carbocycles. The van der Waals surface area contributed by atoms with Gasteiger partial charge in [0.2, 0.25) is 0 Å².